The molecule has 0 bridgehead atoms. The highest BCUT2D eigenvalue weighted by Crippen LogP contribution is 2.33. The number of nitrogens with one attached hydrogen (secondary N) is 1. The van der Waals surface area contributed by atoms with Gasteiger partial charge in [0.05, 0.1) is 11.3 Å². The zero-order chi connectivity index (χ0) is 21.3. The highest BCUT2D eigenvalue weighted by Gasteiger charge is 2.35. The Labute approximate surface area is 190 Å². The van der Waals surface area contributed by atoms with Gasteiger partial charge < -0.3 is 4.90 Å². The van der Waals surface area contributed by atoms with E-state index in [-0.39, 0.29) is 17.3 Å². The maximum atomic E-state index is 12.6. The van der Waals surface area contributed by atoms with E-state index in [0.29, 0.717) is 5.17 Å². The Bertz CT molecular complexity index is 962. The van der Waals surface area contributed by atoms with E-state index in [1.54, 1.807) is 6.08 Å². The first-order valence-electron chi connectivity index (χ1n) is 10.4. The van der Waals surface area contributed by atoms with Crippen LogP contribution in [0, 0.1) is 11.3 Å². The number of benzene rings is 1. The zero-order valence-corrected chi connectivity index (χ0v) is 19.7. The second-order valence-corrected chi connectivity index (χ2v) is 10.1. The lowest BCUT2D eigenvalue weighted by Gasteiger charge is -2.20. The maximum Gasteiger partial charge on any atom is 0.283 e. The molecule has 1 N–H and O–H groups in total. The van der Waals surface area contributed by atoms with E-state index in [1.807, 2.05) is 37.2 Å². The molecule has 0 spiro atoms. The number of rotatable bonds is 5. The standard InChI is InChI=1S/C22H26BrN5OS/c1-27(2)18-10-8-15(13-17(18)23)12-16-20(24)28-22(25-21(16)29)30-19(26-28)11-9-14-6-4-3-5-7-14/h8,10,12-14,24H,3-7,9,11H2,1-2H3/b16-12-,24-20?. The first-order valence-corrected chi connectivity index (χ1v) is 12.0. The van der Waals surface area contributed by atoms with E-state index in [1.165, 1.54) is 48.9 Å². The summed E-state index contributed by atoms with van der Waals surface area (Å²) in [7, 11) is 3.95. The number of thioether (sulfide) groups is 1. The molecule has 0 saturated heterocycles. The minimum atomic E-state index is -0.379. The number of carbonyl (C=O) groups excluding carboxylic acids is 1. The van der Waals surface area contributed by atoms with Crippen molar-refractivity contribution in [2.24, 2.45) is 16.0 Å². The van der Waals surface area contributed by atoms with Gasteiger partial charge in [0.25, 0.3) is 5.91 Å². The molecule has 6 nitrogen and oxygen atoms in total. The maximum absolute atomic E-state index is 12.6. The van der Waals surface area contributed by atoms with E-state index in [2.05, 4.69) is 26.0 Å². The van der Waals surface area contributed by atoms with Crippen molar-refractivity contribution < 1.29 is 4.79 Å². The fourth-order valence-electron chi connectivity index (χ4n) is 4.08. The minimum absolute atomic E-state index is 0.0953. The number of fused-ring (bicyclic) bond motifs is 1. The average molecular weight is 488 g/mol. The van der Waals surface area contributed by atoms with Crippen LogP contribution in [-0.2, 0) is 4.79 Å². The van der Waals surface area contributed by atoms with Crippen LogP contribution < -0.4 is 4.90 Å². The summed E-state index contributed by atoms with van der Waals surface area (Å²) in [5, 5.41) is 16.1. The molecular formula is C22H26BrN5OS. The molecule has 0 radical (unpaired) electrons. The van der Waals surface area contributed by atoms with Gasteiger partial charge in [0.15, 0.2) is 5.84 Å². The normalized spacial score (nSPS) is 21.0. The number of halogens is 1. The molecule has 1 aliphatic carbocycles. The summed E-state index contributed by atoms with van der Waals surface area (Å²) in [6, 6.07) is 5.86. The summed E-state index contributed by atoms with van der Waals surface area (Å²) in [6.07, 6.45) is 10.4. The Kier molecular flexibility index (Phi) is 6.43. The molecule has 2 aliphatic heterocycles. The predicted molar refractivity (Wildman–Crippen MR) is 129 cm³/mol. The molecule has 1 fully saturated rings. The van der Waals surface area contributed by atoms with Crippen LogP contribution in [0.3, 0.4) is 0 Å². The summed E-state index contributed by atoms with van der Waals surface area (Å²) < 4.78 is 0.931. The number of anilines is 1. The van der Waals surface area contributed by atoms with Gasteiger partial charge in [0.1, 0.15) is 5.04 Å². The van der Waals surface area contributed by atoms with Crippen molar-refractivity contribution in [2.75, 3.05) is 19.0 Å². The smallest absolute Gasteiger partial charge is 0.283 e. The van der Waals surface area contributed by atoms with Crippen molar-refractivity contribution in [2.45, 2.75) is 44.9 Å². The van der Waals surface area contributed by atoms with Gasteiger partial charge >= 0.3 is 0 Å². The van der Waals surface area contributed by atoms with E-state index in [9.17, 15) is 4.79 Å². The summed E-state index contributed by atoms with van der Waals surface area (Å²) >= 11 is 5.00. The lowest BCUT2D eigenvalue weighted by molar-refractivity contribution is -0.114. The Morgan fingerprint density at radius 1 is 1.30 bits per heavy atom. The molecular weight excluding hydrogens is 462 g/mol. The number of amidine groups is 2. The third-order valence-electron chi connectivity index (χ3n) is 5.75. The monoisotopic (exact) mass is 487 g/mol. The lowest BCUT2D eigenvalue weighted by atomic mass is 9.86. The molecule has 8 heteroatoms. The van der Waals surface area contributed by atoms with Gasteiger partial charge in [-0.2, -0.15) is 15.1 Å². The predicted octanol–water partition coefficient (Wildman–Crippen LogP) is 5.49. The zero-order valence-electron chi connectivity index (χ0n) is 17.3. The van der Waals surface area contributed by atoms with Crippen LogP contribution in [-0.4, -0.2) is 41.1 Å². The van der Waals surface area contributed by atoms with Crippen LogP contribution in [0.25, 0.3) is 6.08 Å². The van der Waals surface area contributed by atoms with Crippen LogP contribution in [0.5, 0.6) is 0 Å². The number of nitrogens with zero attached hydrogens (tertiary/aromatic N) is 4. The number of aliphatic imine (C=N–C) groups is 1. The Morgan fingerprint density at radius 2 is 2.07 bits per heavy atom. The quantitative estimate of drug-likeness (QED) is 0.556. The first kappa shape index (κ1) is 21.3. The minimum Gasteiger partial charge on any atom is -0.377 e. The fraction of sp³-hybridized carbons (Fsp3) is 0.455. The van der Waals surface area contributed by atoms with Crippen LogP contribution in [0.4, 0.5) is 5.69 Å². The van der Waals surface area contributed by atoms with Gasteiger partial charge in [0, 0.05) is 18.6 Å². The topological polar surface area (TPSA) is 72.1 Å². The third-order valence-corrected chi connectivity index (χ3v) is 7.36. The molecule has 3 aliphatic rings. The summed E-state index contributed by atoms with van der Waals surface area (Å²) in [6.45, 7) is 0. The Balaban J connectivity index is 1.50. The molecule has 1 amide bonds. The average Bonchev–Trinajstić information content (AvgIpc) is 3.13. The second kappa shape index (κ2) is 9.06. The van der Waals surface area contributed by atoms with Crippen LogP contribution in [0.15, 0.2) is 38.3 Å². The molecule has 30 heavy (non-hydrogen) atoms. The molecule has 158 valence electrons. The van der Waals surface area contributed by atoms with Crippen LogP contribution in [0.2, 0.25) is 0 Å². The number of hydrazone groups is 1. The summed E-state index contributed by atoms with van der Waals surface area (Å²) in [5.74, 6) is 0.495. The SMILES string of the molecule is CN(C)c1ccc(/C=C2/C(=N)N3N=C(CCC4CCCCC4)SC3=NC2=O)cc1Br. The van der Waals surface area contributed by atoms with E-state index in [4.69, 9.17) is 5.41 Å². The van der Waals surface area contributed by atoms with Crippen molar-refractivity contribution in [3.8, 4) is 0 Å². The third kappa shape index (κ3) is 4.54. The molecule has 1 aromatic rings. The number of amides is 1. The summed E-state index contributed by atoms with van der Waals surface area (Å²) in [5.41, 5.74) is 2.15. The van der Waals surface area contributed by atoms with E-state index in [0.717, 1.165) is 39.5 Å². The highest BCUT2D eigenvalue weighted by molar-refractivity contribution is 9.10. The number of carbonyl (C=O) groups is 1. The number of hydrogen-bond acceptors (Lipinski definition) is 5. The van der Waals surface area contributed by atoms with Crippen molar-refractivity contribution >= 4 is 61.4 Å². The second-order valence-electron chi connectivity index (χ2n) is 8.16. The molecule has 4 rings (SSSR count). The molecule has 2 heterocycles. The van der Waals surface area contributed by atoms with E-state index < -0.39 is 0 Å². The molecule has 0 unspecified atom stereocenters. The molecule has 1 aromatic carbocycles. The Hall–Kier alpha value is -1.93. The van der Waals surface area contributed by atoms with Crippen molar-refractivity contribution in [3.63, 3.8) is 0 Å². The fourth-order valence-corrected chi connectivity index (χ4v) is 5.73. The first-order chi connectivity index (χ1) is 14.4. The largest absolute Gasteiger partial charge is 0.377 e. The van der Waals surface area contributed by atoms with E-state index >= 15 is 0 Å². The van der Waals surface area contributed by atoms with Crippen LogP contribution in [0.1, 0.15) is 50.5 Å². The summed E-state index contributed by atoms with van der Waals surface area (Å²) in [4.78, 5) is 18.8. The van der Waals surface area contributed by atoms with Crippen LogP contribution >= 0.6 is 27.7 Å². The number of hydrogen-bond donors (Lipinski definition) is 1. The molecule has 0 atom stereocenters. The van der Waals surface area contributed by atoms with Gasteiger partial charge in [-0.3, -0.25) is 10.2 Å². The van der Waals surface area contributed by atoms with Crippen molar-refractivity contribution in [1.82, 2.24) is 5.01 Å². The van der Waals surface area contributed by atoms with Crippen molar-refractivity contribution in [3.05, 3.63) is 33.8 Å². The lowest BCUT2D eigenvalue weighted by Crippen LogP contribution is -2.35. The Morgan fingerprint density at radius 3 is 2.77 bits per heavy atom. The van der Waals surface area contributed by atoms with Crippen molar-refractivity contribution in [1.29, 1.82) is 5.41 Å². The van der Waals surface area contributed by atoms with Gasteiger partial charge in [-0.05, 0) is 70.2 Å². The highest BCUT2D eigenvalue weighted by atomic mass is 79.9. The van der Waals surface area contributed by atoms with Gasteiger partial charge in [-0.15, -0.1) is 0 Å². The van der Waals surface area contributed by atoms with Gasteiger partial charge in [0.2, 0.25) is 5.17 Å². The van der Waals surface area contributed by atoms with Gasteiger partial charge in [-0.25, -0.2) is 0 Å². The van der Waals surface area contributed by atoms with Gasteiger partial charge in [-0.1, -0.05) is 38.2 Å². The molecule has 0 aromatic heterocycles. The molecule has 1 saturated carbocycles.